The molecule has 0 aliphatic heterocycles. The number of ether oxygens (including phenoxy) is 2. The third kappa shape index (κ3) is 9.02. The van der Waals surface area contributed by atoms with Gasteiger partial charge < -0.3 is 20.1 Å². The summed E-state index contributed by atoms with van der Waals surface area (Å²) in [4.78, 5) is 4.66. The molecule has 0 unspecified atom stereocenters. The molecule has 2 aromatic carbocycles. The van der Waals surface area contributed by atoms with E-state index in [0.29, 0.717) is 19.8 Å². The highest BCUT2D eigenvalue weighted by Gasteiger charge is 1.99. The Morgan fingerprint density at radius 2 is 1.50 bits per heavy atom. The van der Waals surface area contributed by atoms with E-state index < -0.39 is 0 Å². The van der Waals surface area contributed by atoms with Gasteiger partial charge in [0.05, 0.1) is 19.8 Å². The summed E-state index contributed by atoms with van der Waals surface area (Å²) in [5.74, 6) is 0.842. The lowest BCUT2D eigenvalue weighted by molar-refractivity contribution is 0.107. The fraction of sp³-hybridized carbons (Fsp3) is 0.435. The monoisotopic (exact) mass is 383 g/mol. The average Bonchev–Trinajstić information content (AvgIpc) is 2.73. The first-order valence-electron chi connectivity index (χ1n) is 10.1. The molecule has 2 aromatic rings. The van der Waals surface area contributed by atoms with Gasteiger partial charge in [0, 0.05) is 26.3 Å². The number of nitrogens with zero attached hydrogens (tertiary/aromatic N) is 1. The van der Waals surface area contributed by atoms with Crippen molar-refractivity contribution in [2.24, 2.45) is 4.99 Å². The molecule has 0 fully saturated rings. The summed E-state index contributed by atoms with van der Waals surface area (Å²) in [6.07, 6.45) is 0.968. The number of hydrogen-bond donors (Lipinski definition) is 2. The van der Waals surface area contributed by atoms with Gasteiger partial charge in [0.15, 0.2) is 5.96 Å². The van der Waals surface area contributed by atoms with E-state index in [-0.39, 0.29) is 0 Å². The van der Waals surface area contributed by atoms with Gasteiger partial charge in [-0.1, -0.05) is 54.6 Å². The van der Waals surface area contributed by atoms with E-state index in [0.717, 1.165) is 38.7 Å². The number of rotatable bonds is 12. The predicted octanol–water partition coefficient (Wildman–Crippen LogP) is 3.89. The second-order valence-corrected chi connectivity index (χ2v) is 6.47. The topological polar surface area (TPSA) is 54.9 Å². The van der Waals surface area contributed by atoms with Gasteiger partial charge in [0.2, 0.25) is 0 Å². The molecule has 2 rings (SSSR count). The lowest BCUT2D eigenvalue weighted by Gasteiger charge is -2.11. The predicted molar refractivity (Wildman–Crippen MR) is 115 cm³/mol. The summed E-state index contributed by atoms with van der Waals surface area (Å²) in [6.45, 7) is 9.21. The van der Waals surface area contributed by atoms with Crippen molar-refractivity contribution in [1.29, 1.82) is 0 Å². The van der Waals surface area contributed by atoms with Crippen molar-refractivity contribution >= 4 is 5.96 Å². The number of aliphatic imine (C=N–C) groups is 1. The molecule has 0 aromatic heterocycles. The molecule has 0 bridgehead atoms. The molecule has 2 N–H and O–H groups in total. The molecule has 5 heteroatoms. The number of benzene rings is 2. The van der Waals surface area contributed by atoms with Crippen LogP contribution in [0.25, 0.3) is 0 Å². The summed E-state index contributed by atoms with van der Waals surface area (Å²) in [7, 11) is 0. The SMILES string of the molecule is CCNC(=NCc1ccc(COCc2ccccc2)cc1)NCCCOCC. The molecule has 0 saturated carbocycles. The molecule has 0 spiro atoms. The van der Waals surface area contributed by atoms with Gasteiger partial charge in [-0.3, -0.25) is 0 Å². The zero-order chi connectivity index (χ0) is 19.9. The van der Waals surface area contributed by atoms with E-state index in [9.17, 15) is 0 Å². The third-order valence-corrected chi connectivity index (χ3v) is 4.13. The first kappa shape index (κ1) is 21.9. The zero-order valence-electron chi connectivity index (χ0n) is 17.1. The van der Waals surface area contributed by atoms with Crippen molar-refractivity contribution in [2.45, 2.75) is 40.0 Å². The van der Waals surface area contributed by atoms with E-state index >= 15 is 0 Å². The Bertz CT molecular complexity index is 672. The molecule has 0 aliphatic rings. The van der Waals surface area contributed by atoms with Crippen LogP contribution in [0.3, 0.4) is 0 Å². The quantitative estimate of drug-likeness (QED) is 0.332. The first-order valence-corrected chi connectivity index (χ1v) is 10.1. The van der Waals surface area contributed by atoms with Crippen LogP contribution >= 0.6 is 0 Å². The molecule has 0 heterocycles. The van der Waals surface area contributed by atoms with Crippen LogP contribution in [-0.4, -0.2) is 32.3 Å². The Labute approximate surface area is 169 Å². The average molecular weight is 384 g/mol. The fourth-order valence-corrected chi connectivity index (χ4v) is 2.64. The maximum atomic E-state index is 5.79. The highest BCUT2D eigenvalue weighted by molar-refractivity contribution is 5.79. The van der Waals surface area contributed by atoms with Crippen molar-refractivity contribution in [3.63, 3.8) is 0 Å². The van der Waals surface area contributed by atoms with Crippen LogP contribution in [0.2, 0.25) is 0 Å². The van der Waals surface area contributed by atoms with Crippen molar-refractivity contribution in [3.8, 4) is 0 Å². The lowest BCUT2D eigenvalue weighted by atomic mass is 10.1. The lowest BCUT2D eigenvalue weighted by Crippen LogP contribution is -2.38. The van der Waals surface area contributed by atoms with Gasteiger partial charge in [-0.25, -0.2) is 4.99 Å². The summed E-state index contributed by atoms with van der Waals surface area (Å²) in [5.41, 5.74) is 3.54. The maximum absolute atomic E-state index is 5.79. The largest absolute Gasteiger partial charge is 0.382 e. The van der Waals surface area contributed by atoms with E-state index in [2.05, 4.69) is 58.9 Å². The summed E-state index contributed by atoms with van der Waals surface area (Å²) in [5, 5.41) is 6.62. The molecule has 0 atom stereocenters. The summed E-state index contributed by atoms with van der Waals surface area (Å²) >= 11 is 0. The highest BCUT2D eigenvalue weighted by atomic mass is 16.5. The highest BCUT2D eigenvalue weighted by Crippen LogP contribution is 2.09. The van der Waals surface area contributed by atoms with E-state index in [1.165, 1.54) is 16.7 Å². The molecule has 152 valence electrons. The van der Waals surface area contributed by atoms with Gasteiger partial charge in [0.1, 0.15) is 0 Å². The minimum absolute atomic E-state index is 0.614. The minimum Gasteiger partial charge on any atom is -0.382 e. The Balaban J connectivity index is 1.75. The first-order chi connectivity index (χ1) is 13.8. The van der Waals surface area contributed by atoms with Gasteiger partial charge >= 0.3 is 0 Å². The molecule has 28 heavy (non-hydrogen) atoms. The molecular formula is C23H33N3O2. The Morgan fingerprint density at radius 3 is 2.18 bits per heavy atom. The van der Waals surface area contributed by atoms with Crippen LogP contribution in [-0.2, 0) is 29.2 Å². The molecule has 0 aliphatic carbocycles. The van der Waals surface area contributed by atoms with Crippen LogP contribution < -0.4 is 10.6 Å². The summed E-state index contributed by atoms with van der Waals surface area (Å²) < 4.78 is 11.1. The van der Waals surface area contributed by atoms with Gasteiger partial charge in [0.25, 0.3) is 0 Å². The number of hydrogen-bond acceptors (Lipinski definition) is 3. The molecule has 0 amide bonds. The Kier molecular flexibility index (Phi) is 10.8. The van der Waals surface area contributed by atoms with Crippen LogP contribution in [0.15, 0.2) is 59.6 Å². The second kappa shape index (κ2) is 13.7. The van der Waals surface area contributed by atoms with Crippen LogP contribution in [0, 0.1) is 0 Å². The van der Waals surface area contributed by atoms with Crippen LogP contribution in [0.1, 0.15) is 37.0 Å². The fourth-order valence-electron chi connectivity index (χ4n) is 2.64. The van der Waals surface area contributed by atoms with E-state index in [4.69, 9.17) is 9.47 Å². The van der Waals surface area contributed by atoms with Gasteiger partial charge in [-0.15, -0.1) is 0 Å². The van der Waals surface area contributed by atoms with Crippen molar-refractivity contribution in [1.82, 2.24) is 10.6 Å². The number of nitrogens with one attached hydrogen (secondary N) is 2. The summed E-state index contributed by atoms with van der Waals surface area (Å²) in [6, 6.07) is 18.7. The van der Waals surface area contributed by atoms with Gasteiger partial charge in [-0.05, 0) is 37.0 Å². The van der Waals surface area contributed by atoms with Crippen LogP contribution in [0.4, 0.5) is 0 Å². The Hall–Kier alpha value is -2.37. The maximum Gasteiger partial charge on any atom is 0.191 e. The van der Waals surface area contributed by atoms with Crippen molar-refractivity contribution < 1.29 is 9.47 Å². The smallest absolute Gasteiger partial charge is 0.191 e. The zero-order valence-corrected chi connectivity index (χ0v) is 17.1. The molecule has 5 nitrogen and oxygen atoms in total. The van der Waals surface area contributed by atoms with Gasteiger partial charge in [-0.2, -0.15) is 0 Å². The normalized spacial score (nSPS) is 11.4. The minimum atomic E-state index is 0.614. The van der Waals surface area contributed by atoms with E-state index in [1.807, 2.05) is 25.1 Å². The molecule has 0 radical (unpaired) electrons. The van der Waals surface area contributed by atoms with E-state index in [1.54, 1.807) is 0 Å². The third-order valence-electron chi connectivity index (χ3n) is 4.13. The van der Waals surface area contributed by atoms with Crippen LogP contribution in [0.5, 0.6) is 0 Å². The van der Waals surface area contributed by atoms with Crippen molar-refractivity contribution in [2.75, 3.05) is 26.3 Å². The molecular weight excluding hydrogens is 350 g/mol. The van der Waals surface area contributed by atoms with Crippen molar-refractivity contribution in [3.05, 3.63) is 71.3 Å². The number of guanidine groups is 1. The standard InChI is InChI=1S/C23H33N3O2/c1-3-24-23(25-15-8-16-27-4-2)26-17-20-11-13-22(14-12-20)19-28-18-21-9-6-5-7-10-21/h5-7,9-14H,3-4,8,15-19H2,1-2H3,(H2,24,25,26). The molecule has 0 saturated heterocycles. The second-order valence-electron chi connectivity index (χ2n) is 6.47. The Morgan fingerprint density at radius 1 is 0.821 bits per heavy atom.